The van der Waals surface area contributed by atoms with Gasteiger partial charge in [0, 0.05) is 0 Å². The Morgan fingerprint density at radius 3 is 2.38 bits per heavy atom. The van der Waals surface area contributed by atoms with E-state index >= 15 is 0 Å². The standard InChI is InChI=1S/C20H20N2O4/c1-14-8-10-15(11-9-14)13-26-17(23)12-22-18(24)20(2,21-19(22)25)16-6-4-3-5-7-16/h3-11H,12-13H2,1-2H3,(H,21,25)/t20-/m1/s1. The van der Waals surface area contributed by atoms with E-state index in [-0.39, 0.29) is 6.61 Å². The largest absolute Gasteiger partial charge is 0.459 e. The van der Waals surface area contributed by atoms with Crippen LogP contribution in [0.1, 0.15) is 23.6 Å². The van der Waals surface area contributed by atoms with Crippen LogP contribution in [0.4, 0.5) is 4.79 Å². The smallest absolute Gasteiger partial charge is 0.326 e. The van der Waals surface area contributed by atoms with Crippen LogP contribution in [-0.4, -0.2) is 29.4 Å². The lowest BCUT2D eigenvalue weighted by atomic mass is 9.92. The molecule has 6 heteroatoms. The van der Waals surface area contributed by atoms with Crippen molar-refractivity contribution in [2.45, 2.75) is 26.0 Å². The van der Waals surface area contributed by atoms with Crippen molar-refractivity contribution in [3.8, 4) is 0 Å². The van der Waals surface area contributed by atoms with E-state index in [1.165, 1.54) is 0 Å². The number of esters is 1. The van der Waals surface area contributed by atoms with E-state index in [1.54, 1.807) is 31.2 Å². The van der Waals surface area contributed by atoms with Crippen molar-refractivity contribution in [3.05, 3.63) is 71.3 Å². The molecule has 1 N–H and O–H groups in total. The maximum atomic E-state index is 12.7. The van der Waals surface area contributed by atoms with E-state index in [4.69, 9.17) is 4.74 Å². The summed E-state index contributed by atoms with van der Waals surface area (Å²) in [5.74, 6) is -1.10. The number of carbonyl (C=O) groups excluding carboxylic acids is 3. The molecular weight excluding hydrogens is 332 g/mol. The Kier molecular flexibility index (Phi) is 4.75. The lowest BCUT2D eigenvalue weighted by Crippen LogP contribution is -2.41. The third-order valence-electron chi connectivity index (χ3n) is 4.43. The summed E-state index contributed by atoms with van der Waals surface area (Å²) < 4.78 is 5.19. The quantitative estimate of drug-likeness (QED) is 0.663. The zero-order chi connectivity index (χ0) is 18.7. The first-order chi connectivity index (χ1) is 12.4. The van der Waals surface area contributed by atoms with Crippen molar-refractivity contribution in [2.75, 3.05) is 6.54 Å². The Labute approximate surface area is 151 Å². The van der Waals surface area contributed by atoms with Crippen LogP contribution in [0.2, 0.25) is 0 Å². The average Bonchev–Trinajstić information content (AvgIpc) is 2.86. The predicted molar refractivity (Wildman–Crippen MR) is 95.0 cm³/mol. The van der Waals surface area contributed by atoms with Crippen LogP contribution in [0.25, 0.3) is 0 Å². The Hall–Kier alpha value is -3.15. The molecule has 26 heavy (non-hydrogen) atoms. The van der Waals surface area contributed by atoms with Crippen LogP contribution in [-0.2, 0) is 26.5 Å². The minimum atomic E-state index is -1.18. The second-order valence-corrected chi connectivity index (χ2v) is 6.46. The van der Waals surface area contributed by atoms with Crippen LogP contribution in [0.3, 0.4) is 0 Å². The van der Waals surface area contributed by atoms with Crippen LogP contribution in [0.5, 0.6) is 0 Å². The number of benzene rings is 2. The molecule has 1 saturated heterocycles. The van der Waals surface area contributed by atoms with Gasteiger partial charge in [-0.3, -0.25) is 14.5 Å². The zero-order valence-corrected chi connectivity index (χ0v) is 14.7. The monoisotopic (exact) mass is 352 g/mol. The Bertz CT molecular complexity index is 833. The number of rotatable bonds is 5. The number of hydrogen-bond acceptors (Lipinski definition) is 4. The molecule has 2 aromatic carbocycles. The first-order valence-corrected chi connectivity index (χ1v) is 8.31. The summed E-state index contributed by atoms with van der Waals surface area (Å²) in [5, 5.41) is 2.66. The number of carbonyl (C=O) groups is 3. The summed E-state index contributed by atoms with van der Waals surface area (Å²) in [6, 6.07) is 15.9. The SMILES string of the molecule is Cc1ccc(COC(=O)CN2C(=O)N[C@](C)(c3ccccc3)C2=O)cc1. The lowest BCUT2D eigenvalue weighted by molar-refractivity contribution is -0.148. The highest BCUT2D eigenvalue weighted by Crippen LogP contribution is 2.28. The molecule has 0 aromatic heterocycles. The van der Waals surface area contributed by atoms with Gasteiger partial charge in [-0.2, -0.15) is 0 Å². The molecule has 0 bridgehead atoms. The fourth-order valence-corrected chi connectivity index (χ4v) is 2.83. The number of aryl methyl sites for hydroxylation is 1. The van der Waals surface area contributed by atoms with Gasteiger partial charge in [0.1, 0.15) is 18.7 Å². The van der Waals surface area contributed by atoms with Crippen LogP contribution < -0.4 is 5.32 Å². The zero-order valence-electron chi connectivity index (χ0n) is 14.7. The Balaban J connectivity index is 1.64. The van der Waals surface area contributed by atoms with E-state index in [0.29, 0.717) is 5.56 Å². The summed E-state index contributed by atoms with van der Waals surface area (Å²) in [6.45, 7) is 3.27. The van der Waals surface area contributed by atoms with Gasteiger partial charge in [0.2, 0.25) is 0 Å². The summed E-state index contributed by atoms with van der Waals surface area (Å²) in [4.78, 5) is 37.9. The van der Waals surface area contributed by atoms with Crippen LogP contribution >= 0.6 is 0 Å². The van der Waals surface area contributed by atoms with Crippen molar-refractivity contribution < 1.29 is 19.1 Å². The highest BCUT2D eigenvalue weighted by Gasteiger charge is 2.49. The van der Waals surface area contributed by atoms with Gasteiger partial charge in [-0.25, -0.2) is 4.79 Å². The predicted octanol–water partition coefficient (Wildman–Crippen LogP) is 2.51. The third kappa shape index (κ3) is 3.44. The molecule has 1 aliphatic heterocycles. The first-order valence-electron chi connectivity index (χ1n) is 8.31. The van der Waals surface area contributed by atoms with Crippen molar-refractivity contribution in [3.63, 3.8) is 0 Å². The summed E-state index contributed by atoms with van der Waals surface area (Å²) >= 11 is 0. The normalized spacial score (nSPS) is 19.4. The maximum Gasteiger partial charge on any atom is 0.326 e. The van der Waals surface area contributed by atoms with Crippen molar-refractivity contribution >= 4 is 17.9 Å². The van der Waals surface area contributed by atoms with Crippen LogP contribution in [0.15, 0.2) is 54.6 Å². The highest BCUT2D eigenvalue weighted by molar-refractivity contribution is 6.08. The summed E-state index contributed by atoms with van der Waals surface area (Å²) in [5.41, 5.74) is 1.43. The topological polar surface area (TPSA) is 75.7 Å². The van der Waals surface area contributed by atoms with E-state index in [9.17, 15) is 14.4 Å². The summed E-state index contributed by atoms with van der Waals surface area (Å²) in [6.07, 6.45) is 0. The number of hydrogen-bond donors (Lipinski definition) is 1. The van der Waals surface area contributed by atoms with Gasteiger partial charge in [-0.1, -0.05) is 60.2 Å². The number of imide groups is 1. The highest BCUT2D eigenvalue weighted by atomic mass is 16.5. The van der Waals surface area contributed by atoms with E-state index in [0.717, 1.165) is 16.0 Å². The number of amides is 3. The van der Waals surface area contributed by atoms with Crippen LogP contribution in [0, 0.1) is 6.92 Å². The Morgan fingerprint density at radius 1 is 1.08 bits per heavy atom. The molecule has 0 saturated carbocycles. The fraction of sp³-hybridized carbons (Fsp3) is 0.250. The Morgan fingerprint density at radius 2 is 1.73 bits per heavy atom. The number of ether oxygens (including phenoxy) is 1. The third-order valence-corrected chi connectivity index (χ3v) is 4.43. The number of nitrogens with zero attached hydrogens (tertiary/aromatic N) is 1. The minimum absolute atomic E-state index is 0.0959. The maximum absolute atomic E-state index is 12.7. The second-order valence-electron chi connectivity index (χ2n) is 6.46. The molecule has 0 unspecified atom stereocenters. The molecule has 0 spiro atoms. The molecule has 3 rings (SSSR count). The fourth-order valence-electron chi connectivity index (χ4n) is 2.83. The molecule has 134 valence electrons. The molecule has 1 heterocycles. The molecule has 0 radical (unpaired) electrons. The van der Waals surface area contributed by atoms with Crippen molar-refractivity contribution in [1.82, 2.24) is 10.2 Å². The van der Waals surface area contributed by atoms with E-state index in [1.807, 2.05) is 37.3 Å². The van der Waals surface area contributed by atoms with Gasteiger partial charge in [0.25, 0.3) is 5.91 Å². The molecule has 0 aliphatic carbocycles. The first kappa shape index (κ1) is 17.7. The second kappa shape index (κ2) is 7.00. The van der Waals surface area contributed by atoms with Gasteiger partial charge < -0.3 is 10.1 Å². The molecule has 1 aliphatic rings. The van der Waals surface area contributed by atoms with Gasteiger partial charge in [-0.15, -0.1) is 0 Å². The molecule has 6 nitrogen and oxygen atoms in total. The van der Waals surface area contributed by atoms with Gasteiger partial charge in [0.05, 0.1) is 0 Å². The molecule has 2 aromatic rings. The molecule has 1 atom stereocenters. The summed E-state index contributed by atoms with van der Waals surface area (Å²) in [7, 11) is 0. The van der Waals surface area contributed by atoms with Crippen molar-refractivity contribution in [2.24, 2.45) is 0 Å². The molecule has 3 amide bonds. The van der Waals surface area contributed by atoms with E-state index < -0.39 is 30.0 Å². The molecule has 1 fully saturated rings. The van der Waals surface area contributed by atoms with Gasteiger partial charge in [-0.05, 0) is 25.0 Å². The van der Waals surface area contributed by atoms with Gasteiger partial charge in [0.15, 0.2) is 0 Å². The van der Waals surface area contributed by atoms with Crippen molar-refractivity contribution in [1.29, 1.82) is 0 Å². The lowest BCUT2D eigenvalue weighted by Gasteiger charge is -2.21. The number of nitrogens with one attached hydrogen (secondary N) is 1. The molecular formula is C20H20N2O4. The van der Waals surface area contributed by atoms with E-state index in [2.05, 4.69) is 5.32 Å². The minimum Gasteiger partial charge on any atom is -0.459 e. The van der Waals surface area contributed by atoms with Gasteiger partial charge >= 0.3 is 12.0 Å². The average molecular weight is 352 g/mol. The number of urea groups is 1.